The van der Waals surface area contributed by atoms with Crippen molar-refractivity contribution in [3.05, 3.63) is 23.8 Å². The molecule has 0 heterocycles. The first-order chi connectivity index (χ1) is 11.1. The Hall–Kier alpha value is -1.13. The highest BCUT2D eigenvalue weighted by Gasteiger charge is 2.25. The average molecular weight is 321 g/mol. The van der Waals surface area contributed by atoms with Crippen LogP contribution in [0.25, 0.3) is 0 Å². The molecule has 1 amide bonds. The Kier molecular flexibility index (Phi) is 7.83. The molecular formula is C19H31NO3. The van der Waals surface area contributed by atoms with E-state index in [4.69, 9.17) is 4.74 Å². The van der Waals surface area contributed by atoms with Crippen LogP contribution in [0.15, 0.2) is 23.8 Å². The fraction of sp³-hybridized carbons (Fsp3) is 0.737. The van der Waals surface area contributed by atoms with Crippen LogP contribution >= 0.6 is 0 Å². The van der Waals surface area contributed by atoms with Crippen LogP contribution in [0.1, 0.15) is 58.3 Å². The third-order valence-electron chi connectivity index (χ3n) is 4.65. The Morgan fingerprint density at radius 2 is 2.13 bits per heavy atom. The first kappa shape index (κ1) is 18.2. The van der Waals surface area contributed by atoms with Gasteiger partial charge >= 0.3 is 0 Å². The number of amides is 1. The van der Waals surface area contributed by atoms with Crippen molar-refractivity contribution in [2.45, 2.75) is 70.4 Å². The van der Waals surface area contributed by atoms with E-state index in [0.29, 0.717) is 6.61 Å². The summed E-state index contributed by atoms with van der Waals surface area (Å²) in [6, 6.07) is 0.0446. The minimum Gasteiger partial charge on any atom is -0.393 e. The number of rotatable bonds is 8. The van der Waals surface area contributed by atoms with Crippen LogP contribution in [0, 0.1) is 5.92 Å². The van der Waals surface area contributed by atoms with E-state index < -0.39 is 0 Å². The van der Waals surface area contributed by atoms with Gasteiger partial charge in [0, 0.05) is 18.6 Å². The number of carbonyl (C=O) groups is 1. The zero-order valence-electron chi connectivity index (χ0n) is 14.3. The lowest BCUT2D eigenvalue weighted by atomic mass is 9.87. The number of nitrogens with one attached hydrogen (secondary N) is 1. The molecule has 0 spiro atoms. The topological polar surface area (TPSA) is 58.6 Å². The summed E-state index contributed by atoms with van der Waals surface area (Å²) in [5.41, 5.74) is 1.42. The van der Waals surface area contributed by atoms with E-state index in [1.807, 2.05) is 6.92 Å². The van der Waals surface area contributed by atoms with Gasteiger partial charge in [-0.15, -0.1) is 0 Å². The Morgan fingerprint density at radius 3 is 2.83 bits per heavy atom. The van der Waals surface area contributed by atoms with E-state index in [0.717, 1.165) is 58.0 Å². The molecule has 1 atom stereocenters. The third-order valence-corrected chi connectivity index (χ3v) is 4.65. The second kappa shape index (κ2) is 9.89. The largest absolute Gasteiger partial charge is 0.393 e. The molecule has 23 heavy (non-hydrogen) atoms. The van der Waals surface area contributed by atoms with Gasteiger partial charge in [-0.3, -0.25) is 4.79 Å². The van der Waals surface area contributed by atoms with E-state index in [9.17, 15) is 9.90 Å². The quantitative estimate of drug-likeness (QED) is 0.675. The van der Waals surface area contributed by atoms with Gasteiger partial charge in [0.15, 0.2) is 0 Å². The van der Waals surface area contributed by atoms with Gasteiger partial charge in [0.2, 0.25) is 5.91 Å². The fourth-order valence-electron chi connectivity index (χ4n) is 3.23. The van der Waals surface area contributed by atoms with Gasteiger partial charge < -0.3 is 15.2 Å². The molecule has 0 saturated heterocycles. The Balaban J connectivity index is 1.52. The maximum absolute atomic E-state index is 12.1. The van der Waals surface area contributed by atoms with Crippen molar-refractivity contribution in [3.8, 4) is 0 Å². The summed E-state index contributed by atoms with van der Waals surface area (Å²) in [4.78, 5) is 12.1. The summed E-state index contributed by atoms with van der Waals surface area (Å²) >= 11 is 0. The molecule has 130 valence electrons. The standard InChI is InChI=1S/C19H31NO3/c1-15(20-19(22)17-9-11-18(21)12-10-17)14-23-13-5-8-16-6-3-2-4-7-16/h3,6-7,15,17-18,21H,2,4-5,8-14H2,1H3,(H,20,22). The van der Waals surface area contributed by atoms with Crippen molar-refractivity contribution in [1.82, 2.24) is 5.32 Å². The lowest BCUT2D eigenvalue weighted by Crippen LogP contribution is -2.41. The van der Waals surface area contributed by atoms with Crippen LogP contribution in [0.2, 0.25) is 0 Å². The van der Waals surface area contributed by atoms with Crippen molar-refractivity contribution < 1.29 is 14.6 Å². The van der Waals surface area contributed by atoms with Gasteiger partial charge in [-0.1, -0.05) is 23.8 Å². The first-order valence-electron chi connectivity index (χ1n) is 9.07. The highest BCUT2D eigenvalue weighted by molar-refractivity contribution is 5.79. The molecule has 2 rings (SSSR count). The zero-order chi connectivity index (χ0) is 16.5. The molecule has 0 aliphatic heterocycles. The number of allylic oxidation sites excluding steroid dienone is 4. The highest BCUT2D eigenvalue weighted by atomic mass is 16.5. The van der Waals surface area contributed by atoms with E-state index in [1.165, 1.54) is 5.57 Å². The van der Waals surface area contributed by atoms with E-state index >= 15 is 0 Å². The Bertz CT molecular complexity index is 422. The number of hydrogen-bond acceptors (Lipinski definition) is 3. The summed E-state index contributed by atoms with van der Waals surface area (Å²) in [6.07, 6.45) is 14.0. The summed E-state index contributed by atoms with van der Waals surface area (Å²) in [7, 11) is 0. The highest BCUT2D eigenvalue weighted by Crippen LogP contribution is 2.24. The summed E-state index contributed by atoms with van der Waals surface area (Å²) in [5.74, 6) is 0.177. The van der Waals surface area contributed by atoms with Crippen LogP contribution in [-0.4, -0.2) is 36.4 Å². The molecule has 2 aliphatic rings. The molecule has 1 unspecified atom stereocenters. The number of hydrogen-bond donors (Lipinski definition) is 2. The summed E-state index contributed by atoms with van der Waals surface area (Å²) < 4.78 is 5.69. The summed E-state index contributed by atoms with van der Waals surface area (Å²) in [6.45, 7) is 3.29. The van der Waals surface area contributed by atoms with Crippen molar-refractivity contribution >= 4 is 5.91 Å². The second-order valence-corrected chi connectivity index (χ2v) is 6.85. The average Bonchev–Trinajstić information content (AvgIpc) is 2.56. The lowest BCUT2D eigenvalue weighted by Gasteiger charge is -2.26. The minimum atomic E-state index is -0.214. The van der Waals surface area contributed by atoms with Gasteiger partial charge in [0.05, 0.1) is 12.7 Å². The van der Waals surface area contributed by atoms with E-state index in [-0.39, 0.29) is 24.0 Å². The molecule has 4 heteroatoms. The molecule has 4 nitrogen and oxygen atoms in total. The molecule has 1 saturated carbocycles. The molecular weight excluding hydrogens is 290 g/mol. The predicted octanol–water partition coefficient (Wildman–Crippen LogP) is 3.12. The molecule has 2 N–H and O–H groups in total. The maximum atomic E-state index is 12.1. The van der Waals surface area contributed by atoms with Gasteiger partial charge in [0.25, 0.3) is 0 Å². The zero-order valence-corrected chi connectivity index (χ0v) is 14.3. The smallest absolute Gasteiger partial charge is 0.223 e. The molecule has 2 aliphatic carbocycles. The van der Waals surface area contributed by atoms with Gasteiger partial charge in [0.1, 0.15) is 0 Å². The van der Waals surface area contributed by atoms with Crippen molar-refractivity contribution in [3.63, 3.8) is 0 Å². The normalized spacial score (nSPS) is 25.7. The monoisotopic (exact) mass is 321 g/mol. The van der Waals surface area contributed by atoms with Crippen molar-refractivity contribution in [2.75, 3.05) is 13.2 Å². The van der Waals surface area contributed by atoms with Gasteiger partial charge in [-0.25, -0.2) is 0 Å². The van der Waals surface area contributed by atoms with Crippen LogP contribution in [0.4, 0.5) is 0 Å². The Morgan fingerprint density at radius 1 is 1.35 bits per heavy atom. The van der Waals surface area contributed by atoms with Crippen molar-refractivity contribution in [1.29, 1.82) is 0 Å². The second-order valence-electron chi connectivity index (χ2n) is 6.85. The first-order valence-corrected chi connectivity index (χ1v) is 9.07. The van der Waals surface area contributed by atoms with Crippen LogP contribution in [0.5, 0.6) is 0 Å². The van der Waals surface area contributed by atoms with Crippen molar-refractivity contribution in [2.24, 2.45) is 5.92 Å². The van der Waals surface area contributed by atoms with E-state index in [1.54, 1.807) is 0 Å². The summed E-state index contributed by atoms with van der Waals surface area (Å²) in [5, 5.41) is 12.5. The number of aliphatic hydroxyl groups excluding tert-OH is 1. The molecule has 0 radical (unpaired) electrons. The van der Waals surface area contributed by atoms with Crippen LogP contribution in [-0.2, 0) is 9.53 Å². The fourth-order valence-corrected chi connectivity index (χ4v) is 3.23. The molecule has 0 bridgehead atoms. The van der Waals surface area contributed by atoms with Crippen LogP contribution < -0.4 is 5.32 Å². The lowest BCUT2D eigenvalue weighted by molar-refractivity contribution is -0.127. The molecule has 0 aromatic rings. The molecule has 0 aromatic carbocycles. The van der Waals surface area contributed by atoms with Crippen LogP contribution in [0.3, 0.4) is 0 Å². The SMILES string of the molecule is CC(COCCCC1=CCCC=C1)NC(=O)C1CCC(O)CC1. The minimum absolute atomic E-state index is 0.0446. The van der Waals surface area contributed by atoms with Gasteiger partial charge in [-0.05, 0) is 58.3 Å². The molecule has 0 aromatic heterocycles. The number of aliphatic hydroxyl groups is 1. The molecule has 1 fully saturated rings. The number of ether oxygens (including phenoxy) is 1. The van der Waals surface area contributed by atoms with Gasteiger partial charge in [-0.2, -0.15) is 0 Å². The Labute approximate surface area is 140 Å². The maximum Gasteiger partial charge on any atom is 0.223 e. The number of carbonyl (C=O) groups excluding carboxylic acids is 1. The third kappa shape index (κ3) is 6.88. The predicted molar refractivity (Wildman–Crippen MR) is 92.1 cm³/mol. The van der Waals surface area contributed by atoms with E-state index in [2.05, 4.69) is 23.5 Å².